The second-order valence-electron chi connectivity index (χ2n) is 4.48. The van der Waals surface area contributed by atoms with E-state index < -0.39 is 0 Å². The summed E-state index contributed by atoms with van der Waals surface area (Å²) in [7, 11) is 0. The third kappa shape index (κ3) is 3.14. The van der Waals surface area contributed by atoms with Crippen molar-refractivity contribution in [3.05, 3.63) is 35.4 Å². The zero-order valence-electron chi connectivity index (χ0n) is 10.7. The van der Waals surface area contributed by atoms with Crippen molar-refractivity contribution in [2.24, 2.45) is 0 Å². The molecule has 0 heteroatoms. The van der Waals surface area contributed by atoms with Crippen molar-refractivity contribution in [1.29, 1.82) is 0 Å². The second kappa shape index (κ2) is 6.38. The van der Waals surface area contributed by atoms with E-state index in [0.717, 1.165) is 12.8 Å². The van der Waals surface area contributed by atoms with Gasteiger partial charge in [-0.25, -0.2) is 0 Å². The lowest BCUT2D eigenvalue weighted by Gasteiger charge is -2.13. The quantitative estimate of drug-likeness (QED) is 0.622. The third-order valence-corrected chi connectivity index (χ3v) is 3.30. The molecule has 0 aliphatic carbocycles. The molecule has 0 aliphatic heterocycles. The van der Waals surface area contributed by atoms with Crippen LogP contribution >= 0.6 is 0 Å². The highest BCUT2D eigenvalue weighted by atomic mass is 14.1. The number of hydrogen-bond acceptors (Lipinski definition) is 0. The van der Waals surface area contributed by atoms with Gasteiger partial charge in [-0.1, -0.05) is 57.4 Å². The van der Waals surface area contributed by atoms with Crippen molar-refractivity contribution in [3.63, 3.8) is 0 Å². The summed E-state index contributed by atoms with van der Waals surface area (Å²) in [5.41, 5.74) is 2.70. The van der Waals surface area contributed by atoms with Crippen molar-refractivity contribution in [2.75, 3.05) is 0 Å². The van der Waals surface area contributed by atoms with Crippen LogP contribution in [0.15, 0.2) is 24.3 Å². The number of hydrogen-bond donors (Lipinski definition) is 0. The van der Waals surface area contributed by atoms with Gasteiger partial charge in [0.25, 0.3) is 0 Å². The summed E-state index contributed by atoms with van der Waals surface area (Å²) in [6, 6.07) is 8.84. The lowest BCUT2D eigenvalue weighted by Crippen LogP contribution is -1.97. The minimum Gasteiger partial charge on any atom is -0.119 e. The molecule has 1 rings (SSSR count). The number of terminal acetylenes is 1. The van der Waals surface area contributed by atoms with Gasteiger partial charge in [-0.05, 0) is 29.9 Å². The first-order valence-corrected chi connectivity index (χ1v) is 6.28. The maximum absolute atomic E-state index is 5.56. The van der Waals surface area contributed by atoms with Gasteiger partial charge in [-0.2, -0.15) is 0 Å². The average molecular weight is 214 g/mol. The minimum atomic E-state index is 0.288. The molecule has 0 amide bonds. The van der Waals surface area contributed by atoms with Gasteiger partial charge in [-0.15, -0.1) is 6.42 Å². The van der Waals surface area contributed by atoms with Gasteiger partial charge in [0.1, 0.15) is 0 Å². The van der Waals surface area contributed by atoms with E-state index in [2.05, 4.69) is 51.0 Å². The van der Waals surface area contributed by atoms with Crippen LogP contribution in [0.25, 0.3) is 0 Å². The average Bonchev–Trinajstić information content (AvgIpc) is 2.35. The van der Waals surface area contributed by atoms with Crippen LogP contribution in [0.2, 0.25) is 0 Å². The largest absolute Gasteiger partial charge is 0.119 e. The molecule has 0 saturated heterocycles. The maximum atomic E-state index is 5.56. The molecule has 1 aromatic rings. The van der Waals surface area contributed by atoms with Crippen molar-refractivity contribution < 1.29 is 0 Å². The van der Waals surface area contributed by atoms with Gasteiger partial charge in [-0.3, -0.25) is 0 Å². The second-order valence-corrected chi connectivity index (χ2v) is 4.48. The van der Waals surface area contributed by atoms with Gasteiger partial charge in [0, 0.05) is 5.92 Å². The summed E-state index contributed by atoms with van der Waals surface area (Å²) in [5, 5.41) is 0. The summed E-state index contributed by atoms with van der Waals surface area (Å²) in [6.45, 7) is 6.66. The smallest absolute Gasteiger partial charge is 0.0449 e. The molecule has 0 aromatic heterocycles. The first kappa shape index (κ1) is 12.8. The maximum Gasteiger partial charge on any atom is 0.0449 e. The minimum absolute atomic E-state index is 0.288. The van der Waals surface area contributed by atoms with Gasteiger partial charge < -0.3 is 0 Å². The molecule has 1 aromatic carbocycles. The molecule has 86 valence electrons. The highest BCUT2D eigenvalue weighted by molar-refractivity contribution is 5.31. The van der Waals surface area contributed by atoms with Crippen LogP contribution in [0, 0.1) is 12.3 Å². The molecule has 2 atom stereocenters. The Morgan fingerprint density at radius 1 is 1.12 bits per heavy atom. The summed E-state index contributed by atoms with van der Waals surface area (Å²) < 4.78 is 0. The predicted octanol–water partition coefficient (Wildman–Crippen LogP) is 4.72. The van der Waals surface area contributed by atoms with E-state index in [4.69, 9.17) is 6.42 Å². The van der Waals surface area contributed by atoms with Gasteiger partial charge in [0.15, 0.2) is 0 Å². The van der Waals surface area contributed by atoms with E-state index in [1.165, 1.54) is 17.5 Å². The van der Waals surface area contributed by atoms with E-state index >= 15 is 0 Å². The van der Waals surface area contributed by atoms with E-state index in [0.29, 0.717) is 5.92 Å². The van der Waals surface area contributed by atoms with Gasteiger partial charge in [0.2, 0.25) is 0 Å². The van der Waals surface area contributed by atoms with Crippen LogP contribution in [0.5, 0.6) is 0 Å². The van der Waals surface area contributed by atoms with Crippen LogP contribution in [0.4, 0.5) is 0 Å². The Morgan fingerprint density at radius 3 is 2.12 bits per heavy atom. The molecule has 0 saturated carbocycles. The third-order valence-electron chi connectivity index (χ3n) is 3.30. The van der Waals surface area contributed by atoms with E-state index in [1.54, 1.807) is 0 Å². The first-order chi connectivity index (χ1) is 7.72. The van der Waals surface area contributed by atoms with Crippen molar-refractivity contribution in [3.8, 4) is 12.3 Å². The lowest BCUT2D eigenvalue weighted by atomic mass is 9.92. The molecule has 0 nitrogen and oxygen atoms in total. The van der Waals surface area contributed by atoms with Crippen LogP contribution in [0.1, 0.15) is 63.0 Å². The SMILES string of the molecule is C#CC(CCC)c1ccc(C(C)CC)cc1. The Morgan fingerprint density at radius 2 is 1.69 bits per heavy atom. The van der Waals surface area contributed by atoms with Crippen LogP contribution in [-0.4, -0.2) is 0 Å². The molecule has 0 N–H and O–H groups in total. The molecule has 0 aliphatic rings. The highest BCUT2D eigenvalue weighted by Crippen LogP contribution is 2.24. The molecule has 0 fully saturated rings. The summed E-state index contributed by atoms with van der Waals surface area (Å²) in [5.74, 6) is 3.81. The molecule has 0 spiro atoms. The van der Waals surface area contributed by atoms with Crippen LogP contribution < -0.4 is 0 Å². The topological polar surface area (TPSA) is 0 Å². The van der Waals surface area contributed by atoms with Crippen molar-refractivity contribution in [2.45, 2.75) is 51.9 Å². The molecule has 0 bridgehead atoms. The summed E-state index contributed by atoms with van der Waals surface area (Å²) in [4.78, 5) is 0. The highest BCUT2D eigenvalue weighted by Gasteiger charge is 2.08. The van der Waals surface area contributed by atoms with Crippen LogP contribution in [-0.2, 0) is 0 Å². The molecular formula is C16H22. The van der Waals surface area contributed by atoms with Gasteiger partial charge in [0.05, 0.1) is 0 Å². The Kier molecular flexibility index (Phi) is 5.12. The van der Waals surface area contributed by atoms with E-state index in [-0.39, 0.29) is 5.92 Å². The standard InChI is InChI=1S/C16H22/c1-5-8-14(7-3)16-11-9-15(10-12-16)13(4)6-2/h3,9-14H,5-6,8H2,1-2,4H3. The monoisotopic (exact) mass is 214 g/mol. The van der Waals surface area contributed by atoms with Crippen LogP contribution in [0.3, 0.4) is 0 Å². The molecule has 0 heterocycles. The zero-order chi connectivity index (χ0) is 12.0. The van der Waals surface area contributed by atoms with E-state index in [9.17, 15) is 0 Å². The Labute approximate surface area is 100 Å². The fraction of sp³-hybridized carbons (Fsp3) is 0.500. The normalized spacial score (nSPS) is 14.1. The van der Waals surface area contributed by atoms with Crippen molar-refractivity contribution in [1.82, 2.24) is 0 Å². The summed E-state index contributed by atoms with van der Waals surface area (Å²) >= 11 is 0. The molecule has 2 unspecified atom stereocenters. The molecule has 0 radical (unpaired) electrons. The summed E-state index contributed by atoms with van der Waals surface area (Å²) in [6.07, 6.45) is 8.98. The van der Waals surface area contributed by atoms with Crippen molar-refractivity contribution >= 4 is 0 Å². The fourth-order valence-corrected chi connectivity index (χ4v) is 1.93. The molecular weight excluding hydrogens is 192 g/mol. The Bertz CT molecular complexity index is 339. The van der Waals surface area contributed by atoms with E-state index in [1.807, 2.05) is 0 Å². The predicted molar refractivity (Wildman–Crippen MR) is 71.6 cm³/mol. The first-order valence-electron chi connectivity index (χ1n) is 6.28. The number of rotatable bonds is 5. The number of benzene rings is 1. The Hall–Kier alpha value is -1.22. The van der Waals surface area contributed by atoms with Gasteiger partial charge >= 0.3 is 0 Å². The zero-order valence-corrected chi connectivity index (χ0v) is 10.7. The Balaban J connectivity index is 2.81. The fourth-order valence-electron chi connectivity index (χ4n) is 1.93. The molecule has 16 heavy (non-hydrogen) atoms. The lowest BCUT2D eigenvalue weighted by molar-refractivity contribution is 0.722.